The Bertz CT molecular complexity index is 356. The molecule has 0 aromatic heterocycles. The highest BCUT2D eigenvalue weighted by Gasteiger charge is 2.11. The number of likely N-dealkylation sites (tertiary alicyclic amines) is 2. The third kappa shape index (κ3) is 26.2. The monoisotopic (exact) mass is 478 g/mol. The zero-order valence-corrected chi connectivity index (χ0v) is 22.8. The fourth-order valence-electron chi connectivity index (χ4n) is 3.39. The van der Waals surface area contributed by atoms with Crippen LogP contribution in [0.4, 0.5) is 0 Å². The number of rotatable bonds is 9. The first kappa shape index (κ1) is 37.3. The van der Waals surface area contributed by atoms with Crippen LogP contribution in [-0.2, 0) is 9.47 Å². The number of hydrogen-bond donors (Lipinski definition) is 2. The van der Waals surface area contributed by atoms with Gasteiger partial charge in [-0.25, -0.2) is 0 Å². The van der Waals surface area contributed by atoms with Gasteiger partial charge >= 0.3 is 0 Å². The van der Waals surface area contributed by atoms with E-state index < -0.39 is 6.10 Å². The minimum absolute atomic E-state index is 0. The number of aliphatic hydroxyl groups is 2. The van der Waals surface area contributed by atoms with Crippen molar-refractivity contribution in [3.05, 3.63) is 0 Å². The topological polar surface area (TPSA) is 65.4 Å². The summed E-state index contributed by atoms with van der Waals surface area (Å²) in [6, 6.07) is 0.769. The lowest BCUT2D eigenvalue weighted by atomic mass is 10.1. The predicted octanol–water partition coefficient (Wildman–Crippen LogP) is 5.20. The Morgan fingerprint density at radius 2 is 1.18 bits per heavy atom. The lowest BCUT2D eigenvalue weighted by Crippen LogP contribution is -2.35. The summed E-state index contributed by atoms with van der Waals surface area (Å²) in [5.74, 6) is 0. The zero-order valence-electron chi connectivity index (χ0n) is 22.8. The highest BCUT2D eigenvalue weighted by molar-refractivity contribution is 4.67. The van der Waals surface area contributed by atoms with Gasteiger partial charge in [0.25, 0.3) is 0 Å². The normalized spacial score (nSPS) is 17.7. The van der Waals surface area contributed by atoms with E-state index in [0.717, 1.165) is 19.2 Å². The Labute approximate surface area is 208 Å². The Kier molecular flexibility index (Phi) is 29.8. The Morgan fingerprint density at radius 3 is 1.55 bits per heavy atom. The molecule has 0 aromatic carbocycles. The van der Waals surface area contributed by atoms with Crippen molar-refractivity contribution in [2.75, 3.05) is 52.5 Å². The summed E-state index contributed by atoms with van der Waals surface area (Å²) in [6.45, 7) is 23.7. The standard InChI is InChI=1S/C10H21NO.C8H17N.C6H14O3.C2H6.CH4/c1-10(2)12-9-8-11-6-4-3-5-7-11;1-8(2)9-6-4-3-5-7-9;1-5(2)9-4-6(8)3-7;1-2;/h10H,3-9H2,1-2H3;8H,3-7H2,1-2H3;5-8H,3-4H2,1-2H3;1-2H3;1H4. The molecule has 0 aromatic rings. The molecule has 1 atom stereocenters. The molecule has 2 fully saturated rings. The van der Waals surface area contributed by atoms with Gasteiger partial charge in [-0.2, -0.15) is 0 Å². The molecule has 6 heteroatoms. The third-order valence-electron chi connectivity index (χ3n) is 5.26. The molecule has 0 radical (unpaired) electrons. The van der Waals surface area contributed by atoms with E-state index in [1.807, 2.05) is 27.7 Å². The van der Waals surface area contributed by atoms with E-state index >= 15 is 0 Å². The molecule has 0 aliphatic carbocycles. The molecule has 6 nitrogen and oxygen atoms in total. The minimum atomic E-state index is -0.729. The van der Waals surface area contributed by atoms with Crippen molar-refractivity contribution >= 4 is 0 Å². The highest BCUT2D eigenvalue weighted by atomic mass is 16.5. The van der Waals surface area contributed by atoms with Crippen LogP contribution < -0.4 is 0 Å². The van der Waals surface area contributed by atoms with Gasteiger partial charge in [-0.3, -0.25) is 0 Å². The maximum atomic E-state index is 8.73. The zero-order chi connectivity index (χ0) is 24.8. The van der Waals surface area contributed by atoms with Gasteiger partial charge in [0.1, 0.15) is 6.10 Å². The van der Waals surface area contributed by atoms with Gasteiger partial charge in [0.15, 0.2) is 0 Å². The van der Waals surface area contributed by atoms with Crippen LogP contribution >= 0.6 is 0 Å². The first-order valence-corrected chi connectivity index (χ1v) is 13.2. The smallest absolute Gasteiger partial charge is 0.100 e. The number of ether oxygens (including phenoxy) is 2. The summed E-state index contributed by atoms with van der Waals surface area (Å²) >= 11 is 0. The van der Waals surface area contributed by atoms with Crippen LogP contribution in [0.15, 0.2) is 0 Å². The number of aliphatic hydroxyl groups excluding tert-OH is 2. The van der Waals surface area contributed by atoms with Crippen molar-refractivity contribution in [2.45, 2.75) is 126 Å². The van der Waals surface area contributed by atoms with Crippen LogP contribution in [0.1, 0.15) is 101 Å². The lowest BCUT2D eigenvalue weighted by Gasteiger charge is -2.29. The fraction of sp³-hybridized carbons (Fsp3) is 1.00. The number of hydrogen-bond acceptors (Lipinski definition) is 6. The summed E-state index contributed by atoms with van der Waals surface area (Å²) in [6.07, 6.45) is 8.22. The van der Waals surface area contributed by atoms with E-state index in [1.165, 1.54) is 64.7 Å². The number of piperidine rings is 2. The summed E-state index contributed by atoms with van der Waals surface area (Å²) in [5, 5.41) is 17.0. The molecule has 1 unspecified atom stereocenters. The average molecular weight is 479 g/mol. The van der Waals surface area contributed by atoms with E-state index in [2.05, 4.69) is 37.5 Å². The summed E-state index contributed by atoms with van der Waals surface area (Å²) in [4.78, 5) is 5.06. The molecule has 33 heavy (non-hydrogen) atoms. The van der Waals surface area contributed by atoms with E-state index in [9.17, 15) is 0 Å². The minimum Gasteiger partial charge on any atom is -0.394 e. The van der Waals surface area contributed by atoms with Crippen molar-refractivity contribution < 1.29 is 19.7 Å². The summed E-state index contributed by atoms with van der Waals surface area (Å²) < 4.78 is 10.5. The first-order valence-electron chi connectivity index (χ1n) is 13.2. The largest absolute Gasteiger partial charge is 0.394 e. The summed E-state index contributed by atoms with van der Waals surface area (Å²) in [7, 11) is 0. The Hall–Kier alpha value is -0.240. The molecule has 2 rings (SSSR count). The van der Waals surface area contributed by atoms with Crippen molar-refractivity contribution in [2.24, 2.45) is 0 Å². The SMILES string of the molecule is C.CC.CC(C)N1CCCCC1.CC(C)OCC(O)CO.CC(C)OCCN1CCCCC1. The van der Waals surface area contributed by atoms with Crippen LogP contribution in [-0.4, -0.2) is 96.9 Å². The predicted molar refractivity (Wildman–Crippen MR) is 144 cm³/mol. The third-order valence-corrected chi connectivity index (χ3v) is 5.26. The molecule has 2 aliphatic rings. The van der Waals surface area contributed by atoms with Gasteiger partial charge in [-0.15, -0.1) is 0 Å². The van der Waals surface area contributed by atoms with Crippen molar-refractivity contribution in [1.82, 2.24) is 9.80 Å². The molecule has 0 amide bonds. The van der Waals surface area contributed by atoms with E-state index in [-0.39, 0.29) is 26.7 Å². The van der Waals surface area contributed by atoms with Gasteiger partial charge in [0, 0.05) is 12.6 Å². The lowest BCUT2D eigenvalue weighted by molar-refractivity contribution is -0.0167. The maximum Gasteiger partial charge on any atom is 0.100 e. The van der Waals surface area contributed by atoms with Gasteiger partial charge in [-0.1, -0.05) is 34.1 Å². The fourth-order valence-corrected chi connectivity index (χ4v) is 3.39. The van der Waals surface area contributed by atoms with Crippen molar-refractivity contribution in [1.29, 1.82) is 0 Å². The molecule has 2 aliphatic heterocycles. The van der Waals surface area contributed by atoms with Gasteiger partial charge in [0.05, 0.1) is 32.0 Å². The molecule has 204 valence electrons. The second-order valence-corrected chi connectivity index (χ2v) is 9.23. The van der Waals surface area contributed by atoms with Crippen LogP contribution in [0.5, 0.6) is 0 Å². The highest BCUT2D eigenvalue weighted by Crippen LogP contribution is 2.11. The van der Waals surface area contributed by atoms with Crippen molar-refractivity contribution in [3.63, 3.8) is 0 Å². The Balaban J connectivity index is -0.000000394. The maximum absolute atomic E-state index is 8.73. The van der Waals surface area contributed by atoms with E-state index in [1.54, 1.807) is 0 Å². The molecule has 2 saturated heterocycles. The van der Waals surface area contributed by atoms with Gasteiger partial charge < -0.3 is 29.5 Å². The second-order valence-electron chi connectivity index (χ2n) is 9.23. The van der Waals surface area contributed by atoms with Gasteiger partial charge in [-0.05, 0) is 93.4 Å². The van der Waals surface area contributed by atoms with E-state index in [0.29, 0.717) is 6.10 Å². The molecular formula is C27H62N2O4. The van der Waals surface area contributed by atoms with Gasteiger partial charge in [0.2, 0.25) is 0 Å². The van der Waals surface area contributed by atoms with Crippen LogP contribution in [0.2, 0.25) is 0 Å². The molecule has 2 heterocycles. The molecule has 0 bridgehead atoms. The average Bonchev–Trinajstić information content (AvgIpc) is 2.80. The quantitative estimate of drug-likeness (QED) is 0.474. The van der Waals surface area contributed by atoms with Crippen LogP contribution in [0, 0.1) is 0 Å². The second kappa shape index (κ2) is 26.4. The summed E-state index contributed by atoms with van der Waals surface area (Å²) in [5.41, 5.74) is 0. The molecule has 0 spiro atoms. The molecule has 2 N–H and O–H groups in total. The van der Waals surface area contributed by atoms with Crippen LogP contribution in [0.25, 0.3) is 0 Å². The Morgan fingerprint density at radius 1 is 0.727 bits per heavy atom. The van der Waals surface area contributed by atoms with Crippen LogP contribution in [0.3, 0.4) is 0 Å². The number of nitrogens with zero attached hydrogens (tertiary/aromatic N) is 2. The van der Waals surface area contributed by atoms with Crippen molar-refractivity contribution in [3.8, 4) is 0 Å². The van der Waals surface area contributed by atoms with E-state index in [4.69, 9.17) is 19.7 Å². The first-order chi connectivity index (χ1) is 15.3. The molecule has 0 saturated carbocycles. The molecular weight excluding hydrogens is 416 g/mol.